The highest BCUT2D eigenvalue weighted by Crippen LogP contribution is 2.69. The van der Waals surface area contributed by atoms with Crippen molar-refractivity contribution in [3.05, 3.63) is 59.7 Å². The van der Waals surface area contributed by atoms with Gasteiger partial charge in [0, 0.05) is 11.6 Å². The predicted octanol–water partition coefficient (Wildman–Crippen LogP) is 4.17. The topological polar surface area (TPSA) is 100 Å². The molecule has 0 aliphatic carbocycles. The average Bonchev–Trinajstić information content (AvgIpc) is 2.65. The lowest BCUT2D eigenvalue weighted by Crippen LogP contribution is -2.52. The lowest BCUT2D eigenvalue weighted by Gasteiger charge is -2.43. The molecular formula is C20H26NO7PS. The van der Waals surface area contributed by atoms with Crippen molar-refractivity contribution in [1.82, 2.24) is 4.72 Å². The van der Waals surface area contributed by atoms with Gasteiger partial charge in [-0.2, -0.15) is 13.1 Å². The van der Waals surface area contributed by atoms with E-state index in [1.54, 1.807) is 70.2 Å². The van der Waals surface area contributed by atoms with Crippen LogP contribution in [0.25, 0.3) is 0 Å². The van der Waals surface area contributed by atoms with Gasteiger partial charge in [0.05, 0.1) is 19.3 Å². The molecule has 0 bridgehead atoms. The zero-order valence-corrected chi connectivity index (χ0v) is 19.2. The van der Waals surface area contributed by atoms with Crippen molar-refractivity contribution < 1.29 is 31.0 Å². The van der Waals surface area contributed by atoms with E-state index in [0.717, 1.165) is 0 Å². The molecule has 0 saturated carbocycles. The maximum absolute atomic E-state index is 14.5. The summed E-state index contributed by atoms with van der Waals surface area (Å²) < 4.78 is 64.7. The van der Waals surface area contributed by atoms with E-state index < -0.39 is 35.4 Å². The Morgan fingerprint density at radius 1 is 1.00 bits per heavy atom. The van der Waals surface area contributed by atoms with E-state index in [9.17, 15) is 13.0 Å². The molecule has 1 atom stereocenters. The Morgan fingerprint density at radius 3 is 2.13 bits per heavy atom. The van der Waals surface area contributed by atoms with Crippen LogP contribution in [0, 0.1) is 0 Å². The summed E-state index contributed by atoms with van der Waals surface area (Å²) in [7, 11) is -7.12. The van der Waals surface area contributed by atoms with E-state index in [1.807, 2.05) is 0 Å². The lowest BCUT2D eigenvalue weighted by molar-refractivity contribution is 0.126. The molecule has 2 aromatic carbocycles. The minimum absolute atomic E-state index is 0.0168. The first-order valence-corrected chi connectivity index (χ1v) is 12.4. The second-order valence-electron chi connectivity index (χ2n) is 7.38. The molecule has 0 radical (unpaired) electrons. The van der Waals surface area contributed by atoms with Crippen molar-refractivity contribution in [2.75, 3.05) is 7.11 Å². The summed E-state index contributed by atoms with van der Waals surface area (Å²) in [5, 5.41) is -1.86. The van der Waals surface area contributed by atoms with Crippen LogP contribution in [0.1, 0.15) is 38.8 Å². The van der Waals surface area contributed by atoms with Gasteiger partial charge in [-0.15, -0.1) is 0 Å². The molecular weight excluding hydrogens is 429 g/mol. The lowest BCUT2D eigenvalue weighted by atomic mass is 9.97. The number of hydrogen-bond donors (Lipinski definition) is 1. The van der Waals surface area contributed by atoms with E-state index in [4.69, 9.17) is 18.0 Å². The Morgan fingerprint density at radius 2 is 1.60 bits per heavy atom. The number of rotatable bonds is 7. The summed E-state index contributed by atoms with van der Waals surface area (Å²) in [6.07, 6.45) is -1.02. The van der Waals surface area contributed by atoms with Gasteiger partial charge in [-0.3, -0.25) is 4.57 Å². The maximum Gasteiger partial charge on any atom is 0.384 e. The SMILES string of the molecule is COc1ccc2c(c1)OS(=O)(=O)N[C@@]2(c1ccccc1)P(=O)(OC(C)C)OC(C)C. The number of nitrogens with one attached hydrogen (secondary N) is 1. The third kappa shape index (κ3) is 4.13. The highest BCUT2D eigenvalue weighted by Gasteiger charge is 2.61. The second kappa shape index (κ2) is 8.32. The Kier molecular flexibility index (Phi) is 6.32. The van der Waals surface area contributed by atoms with Crippen molar-refractivity contribution >= 4 is 17.9 Å². The fourth-order valence-corrected chi connectivity index (χ4v) is 7.58. The molecule has 0 saturated heterocycles. The first-order valence-electron chi connectivity index (χ1n) is 9.47. The molecule has 0 fully saturated rings. The van der Waals surface area contributed by atoms with E-state index >= 15 is 0 Å². The molecule has 0 spiro atoms. The molecule has 164 valence electrons. The summed E-state index contributed by atoms with van der Waals surface area (Å²) in [5.74, 6) is 0.370. The van der Waals surface area contributed by atoms with Crippen LogP contribution < -0.4 is 13.6 Å². The quantitative estimate of drug-likeness (QED) is 0.626. The van der Waals surface area contributed by atoms with Crippen LogP contribution in [-0.2, 0) is 29.2 Å². The molecule has 3 rings (SSSR count). The van der Waals surface area contributed by atoms with E-state index in [2.05, 4.69) is 4.72 Å². The molecule has 1 aliphatic heterocycles. The highest BCUT2D eigenvalue weighted by molar-refractivity contribution is 7.85. The molecule has 30 heavy (non-hydrogen) atoms. The first-order chi connectivity index (χ1) is 14.0. The van der Waals surface area contributed by atoms with Gasteiger partial charge in [-0.1, -0.05) is 30.3 Å². The molecule has 1 aliphatic rings. The Balaban J connectivity index is 2.43. The minimum atomic E-state index is -4.37. The second-order valence-corrected chi connectivity index (χ2v) is 10.8. The smallest absolute Gasteiger partial charge is 0.384 e. The molecule has 1 heterocycles. The number of methoxy groups -OCH3 is 1. The van der Waals surface area contributed by atoms with Crippen molar-refractivity contribution in [3.63, 3.8) is 0 Å². The third-order valence-corrected chi connectivity index (χ3v) is 8.29. The van der Waals surface area contributed by atoms with Gasteiger partial charge in [0.15, 0.2) is 11.0 Å². The summed E-state index contributed by atoms with van der Waals surface area (Å²) in [5.41, 5.74) is 0.696. The Hall–Kier alpha value is -1.90. The first kappa shape index (κ1) is 22.8. The molecule has 0 unspecified atom stereocenters. The third-order valence-electron chi connectivity index (χ3n) is 4.35. The van der Waals surface area contributed by atoms with E-state index in [0.29, 0.717) is 16.9 Å². The maximum atomic E-state index is 14.5. The summed E-state index contributed by atoms with van der Waals surface area (Å²) in [6.45, 7) is 6.82. The number of benzene rings is 2. The average molecular weight is 455 g/mol. The molecule has 1 N–H and O–H groups in total. The van der Waals surface area contributed by atoms with Crippen molar-refractivity contribution in [2.24, 2.45) is 0 Å². The monoisotopic (exact) mass is 455 g/mol. The van der Waals surface area contributed by atoms with Crippen LogP contribution in [0.15, 0.2) is 48.5 Å². The largest absolute Gasteiger partial charge is 0.497 e. The minimum Gasteiger partial charge on any atom is -0.497 e. The zero-order chi connectivity index (χ0) is 22.2. The van der Waals surface area contributed by atoms with Gasteiger partial charge in [0.25, 0.3) is 0 Å². The number of ether oxygens (including phenoxy) is 1. The van der Waals surface area contributed by atoms with Crippen molar-refractivity contribution in [2.45, 2.75) is 45.2 Å². The van der Waals surface area contributed by atoms with Crippen LogP contribution in [0.3, 0.4) is 0 Å². The fourth-order valence-electron chi connectivity index (χ4n) is 3.37. The highest BCUT2D eigenvalue weighted by atomic mass is 32.2. The molecule has 10 heteroatoms. The van der Waals surface area contributed by atoms with Crippen molar-refractivity contribution in [1.29, 1.82) is 0 Å². The van der Waals surface area contributed by atoms with Crippen LogP contribution >= 0.6 is 7.60 Å². The molecule has 0 aromatic heterocycles. The van der Waals surface area contributed by atoms with Crippen LogP contribution in [0.5, 0.6) is 11.5 Å². The van der Waals surface area contributed by atoms with Crippen LogP contribution in [-0.4, -0.2) is 27.7 Å². The standard InChI is InChI=1S/C20H26NO7PS/c1-14(2)26-29(22,27-15(3)4)20(16-9-7-6-8-10-16)18-12-11-17(25-5)13-19(18)28-30(23,24)21-20/h6-15,21H,1-5H3/t20-/m0/s1. The predicted molar refractivity (Wildman–Crippen MR) is 113 cm³/mol. The summed E-state index contributed by atoms with van der Waals surface area (Å²) in [4.78, 5) is 0. The normalized spacial score (nSPS) is 20.6. The van der Waals surface area contributed by atoms with Gasteiger partial charge in [0.1, 0.15) is 5.75 Å². The van der Waals surface area contributed by atoms with Gasteiger partial charge >= 0.3 is 17.9 Å². The van der Waals surface area contributed by atoms with Crippen LogP contribution in [0.2, 0.25) is 0 Å². The van der Waals surface area contributed by atoms with Gasteiger partial charge < -0.3 is 18.0 Å². The Labute approximate surface area is 177 Å². The molecule has 0 amide bonds. The number of fused-ring (bicyclic) bond motifs is 1. The molecule has 2 aromatic rings. The summed E-state index contributed by atoms with van der Waals surface area (Å²) in [6, 6.07) is 13.2. The van der Waals surface area contributed by atoms with Gasteiger partial charge in [0.2, 0.25) is 0 Å². The molecule has 8 nitrogen and oxygen atoms in total. The van der Waals surface area contributed by atoms with Gasteiger partial charge in [-0.25, -0.2) is 0 Å². The number of hydrogen-bond acceptors (Lipinski definition) is 7. The zero-order valence-electron chi connectivity index (χ0n) is 17.5. The van der Waals surface area contributed by atoms with E-state index in [1.165, 1.54) is 13.2 Å². The Bertz CT molecular complexity index is 1040. The van der Waals surface area contributed by atoms with E-state index in [-0.39, 0.29) is 5.75 Å². The van der Waals surface area contributed by atoms with Crippen LogP contribution in [0.4, 0.5) is 0 Å². The fraction of sp³-hybridized carbons (Fsp3) is 0.400. The van der Waals surface area contributed by atoms with Crippen molar-refractivity contribution in [3.8, 4) is 11.5 Å². The summed E-state index contributed by atoms with van der Waals surface area (Å²) >= 11 is 0. The van der Waals surface area contributed by atoms with Gasteiger partial charge in [-0.05, 0) is 45.4 Å².